The second-order valence-corrected chi connectivity index (χ2v) is 14.1. The van der Waals surface area contributed by atoms with Gasteiger partial charge in [0.05, 0.1) is 8.07 Å². The topological polar surface area (TPSA) is 52.6 Å². The lowest BCUT2D eigenvalue weighted by molar-refractivity contribution is -0.163. The molecule has 148 valence electrons. The third-order valence-electron chi connectivity index (χ3n) is 7.52. The molecule has 3 rings (SSSR count). The summed E-state index contributed by atoms with van der Waals surface area (Å²) in [4.78, 5) is 23.7. The first-order chi connectivity index (χ1) is 12.5. The Hall–Kier alpha value is -1.62. The fraction of sp³-hybridized carbons (Fsp3) is 0.636. The number of fused-ring (bicyclic) bond motifs is 1. The highest BCUT2D eigenvalue weighted by Crippen LogP contribution is 2.84. The van der Waals surface area contributed by atoms with E-state index < -0.39 is 8.07 Å². The van der Waals surface area contributed by atoms with Crippen LogP contribution in [0.1, 0.15) is 41.0 Å². The van der Waals surface area contributed by atoms with Crippen molar-refractivity contribution in [2.24, 2.45) is 17.3 Å². The molecule has 4 nitrogen and oxygen atoms in total. The monoisotopic (exact) mass is 388 g/mol. The van der Waals surface area contributed by atoms with E-state index in [1.807, 2.05) is 6.07 Å². The summed E-state index contributed by atoms with van der Waals surface area (Å²) in [5, 5.41) is 1.32. The number of ether oxygens (including phenoxy) is 2. The van der Waals surface area contributed by atoms with Crippen molar-refractivity contribution in [3.8, 4) is 0 Å². The molecule has 1 unspecified atom stereocenters. The molecule has 5 atom stereocenters. The first kappa shape index (κ1) is 20.1. The van der Waals surface area contributed by atoms with E-state index in [1.165, 1.54) is 19.0 Å². The van der Waals surface area contributed by atoms with E-state index in [0.717, 1.165) is 6.42 Å². The van der Waals surface area contributed by atoms with Crippen LogP contribution in [-0.2, 0) is 19.1 Å². The van der Waals surface area contributed by atoms with Gasteiger partial charge in [-0.25, -0.2) is 0 Å². The summed E-state index contributed by atoms with van der Waals surface area (Å²) in [6.07, 6.45) is 0.400. The van der Waals surface area contributed by atoms with E-state index in [0.29, 0.717) is 5.92 Å². The Bertz CT molecular complexity index is 742. The third kappa shape index (κ3) is 2.77. The molecular formula is C22H32O4Si. The molecule has 0 N–H and O–H groups in total. The van der Waals surface area contributed by atoms with Crippen LogP contribution in [-0.4, -0.2) is 32.2 Å². The molecule has 2 aliphatic carbocycles. The zero-order chi connectivity index (χ0) is 20.2. The molecule has 0 aromatic heterocycles. The Kier molecular flexibility index (Phi) is 4.82. The van der Waals surface area contributed by atoms with Gasteiger partial charge in [-0.2, -0.15) is 0 Å². The van der Waals surface area contributed by atoms with Gasteiger partial charge in [-0.1, -0.05) is 69.4 Å². The maximum atomic E-state index is 12.1. The second-order valence-electron chi connectivity index (χ2n) is 9.41. The molecule has 0 bridgehead atoms. The second kappa shape index (κ2) is 6.47. The summed E-state index contributed by atoms with van der Waals surface area (Å²) < 4.78 is 11.7. The Morgan fingerprint density at radius 3 is 2.11 bits per heavy atom. The molecule has 0 radical (unpaired) electrons. The van der Waals surface area contributed by atoms with Crippen LogP contribution in [0.2, 0.25) is 18.1 Å². The van der Waals surface area contributed by atoms with Crippen molar-refractivity contribution in [2.45, 2.75) is 71.4 Å². The molecular weight excluding hydrogens is 356 g/mol. The fourth-order valence-electron chi connectivity index (χ4n) is 6.45. The smallest absolute Gasteiger partial charge is 0.302 e. The van der Waals surface area contributed by atoms with Crippen LogP contribution in [0.4, 0.5) is 0 Å². The summed E-state index contributed by atoms with van der Waals surface area (Å²) in [5.41, 5.74) is 0.0296. The number of esters is 2. The van der Waals surface area contributed by atoms with Crippen LogP contribution in [0.25, 0.3) is 0 Å². The van der Waals surface area contributed by atoms with E-state index in [4.69, 9.17) is 9.47 Å². The van der Waals surface area contributed by atoms with E-state index >= 15 is 0 Å². The van der Waals surface area contributed by atoms with Gasteiger partial charge >= 0.3 is 11.9 Å². The van der Waals surface area contributed by atoms with Crippen molar-refractivity contribution < 1.29 is 19.1 Å². The minimum atomic E-state index is -2.02. The summed E-state index contributed by atoms with van der Waals surface area (Å²) >= 11 is 0. The molecule has 1 aromatic rings. The molecule has 0 spiro atoms. The summed E-state index contributed by atoms with van der Waals surface area (Å²) in [6.45, 7) is 14.4. The Morgan fingerprint density at radius 2 is 1.59 bits per heavy atom. The quantitative estimate of drug-likeness (QED) is 0.580. The van der Waals surface area contributed by atoms with Crippen molar-refractivity contribution in [3.05, 3.63) is 30.3 Å². The maximum Gasteiger partial charge on any atom is 0.302 e. The highest BCUT2D eigenvalue weighted by Gasteiger charge is 2.83. The zero-order valence-corrected chi connectivity index (χ0v) is 18.5. The Labute approximate surface area is 163 Å². The molecule has 0 aliphatic heterocycles. The SMILES string of the molecule is CC(=O)O[C@H]1CC2C(C)(C)[C@]2([Si](C)(C)c2ccccc2)[C@H](OC(C)=O)[C@H]1C. The molecule has 1 aromatic carbocycles. The number of carbonyl (C=O) groups is 2. The van der Waals surface area contributed by atoms with Gasteiger partial charge in [0, 0.05) is 24.8 Å². The molecule has 0 heterocycles. The van der Waals surface area contributed by atoms with Crippen LogP contribution in [0.15, 0.2) is 30.3 Å². The van der Waals surface area contributed by atoms with Crippen molar-refractivity contribution in [2.75, 3.05) is 0 Å². The number of hydrogen-bond acceptors (Lipinski definition) is 4. The normalized spacial score (nSPS) is 34.3. The zero-order valence-electron chi connectivity index (χ0n) is 17.5. The highest BCUT2D eigenvalue weighted by atomic mass is 28.3. The average molecular weight is 389 g/mol. The van der Waals surface area contributed by atoms with Crippen molar-refractivity contribution >= 4 is 25.2 Å². The van der Waals surface area contributed by atoms with Crippen LogP contribution >= 0.6 is 0 Å². The molecule has 27 heavy (non-hydrogen) atoms. The van der Waals surface area contributed by atoms with Gasteiger partial charge < -0.3 is 9.47 Å². The Morgan fingerprint density at radius 1 is 1.04 bits per heavy atom. The van der Waals surface area contributed by atoms with Crippen molar-refractivity contribution in [1.82, 2.24) is 0 Å². The molecule has 2 fully saturated rings. The van der Waals surface area contributed by atoms with Crippen LogP contribution in [0, 0.1) is 17.3 Å². The van der Waals surface area contributed by atoms with E-state index in [9.17, 15) is 9.59 Å². The molecule has 2 aliphatic rings. The van der Waals surface area contributed by atoms with Crippen molar-refractivity contribution in [1.29, 1.82) is 0 Å². The standard InChI is InChI=1S/C22H32O4Si/c1-14-18(25-15(2)23)13-19-21(4,5)22(19,20(14)26-16(3)24)27(6,7)17-11-9-8-10-12-17/h8-12,14,18-20H,13H2,1-7H3/t14-,18-,19?,20+,22+/m0/s1. The van der Waals surface area contributed by atoms with Gasteiger partial charge in [-0.3, -0.25) is 9.59 Å². The minimum Gasteiger partial charge on any atom is -0.462 e. The first-order valence-corrected chi connectivity index (χ1v) is 12.9. The van der Waals surface area contributed by atoms with Gasteiger partial charge in [0.25, 0.3) is 0 Å². The number of benzene rings is 1. The van der Waals surface area contributed by atoms with E-state index in [2.05, 4.69) is 58.1 Å². The predicted octanol–water partition coefficient (Wildman–Crippen LogP) is 3.90. The van der Waals surface area contributed by atoms with Gasteiger partial charge in [0.2, 0.25) is 0 Å². The van der Waals surface area contributed by atoms with E-state index in [-0.39, 0.29) is 40.5 Å². The summed E-state index contributed by atoms with van der Waals surface area (Å²) in [6, 6.07) is 10.7. The highest BCUT2D eigenvalue weighted by molar-refractivity contribution is 6.93. The lowest BCUT2D eigenvalue weighted by atomic mass is 9.84. The molecule has 5 heteroatoms. The summed E-state index contributed by atoms with van der Waals surface area (Å²) in [7, 11) is -2.02. The average Bonchev–Trinajstić information content (AvgIpc) is 3.08. The van der Waals surface area contributed by atoms with Gasteiger partial charge in [0.15, 0.2) is 0 Å². The van der Waals surface area contributed by atoms with Gasteiger partial charge in [0.1, 0.15) is 12.2 Å². The van der Waals surface area contributed by atoms with Crippen molar-refractivity contribution in [3.63, 3.8) is 0 Å². The van der Waals surface area contributed by atoms with Crippen LogP contribution in [0.3, 0.4) is 0 Å². The molecule has 0 amide bonds. The third-order valence-corrected chi connectivity index (χ3v) is 12.6. The minimum absolute atomic E-state index is 0.0219. The van der Waals surface area contributed by atoms with Crippen LogP contribution < -0.4 is 5.19 Å². The maximum absolute atomic E-state index is 12.1. The molecule has 2 saturated carbocycles. The van der Waals surface area contributed by atoms with Gasteiger partial charge in [-0.05, 0) is 17.8 Å². The number of rotatable bonds is 4. The fourth-order valence-corrected chi connectivity index (χ4v) is 12.0. The van der Waals surface area contributed by atoms with Gasteiger partial charge in [-0.15, -0.1) is 0 Å². The Balaban J connectivity index is 2.11. The van der Waals surface area contributed by atoms with Crippen LogP contribution in [0.5, 0.6) is 0 Å². The first-order valence-electron chi connectivity index (χ1n) is 9.88. The predicted molar refractivity (Wildman–Crippen MR) is 108 cm³/mol. The van der Waals surface area contributed by atoms with E-state index in [1.54, 1.807) is 0 Å². The largest absolute Gasteiger partial charge is 0.462 e. The molecule has 0 saturated heterocycles. The summed E-state index contributed by atoms with van der Waals surface area (Å²) in [5.74, 6) is -0.170. The number of carbonyl (C=O) groups excluding carboxylic acids is 2. The number of hydrogen-bond donors (Lipinski definition) is 0. The lowest BCUT2D eigenvalue weighted by Gasteiger charge is -2.48. The lowest BCUT2D eigenvalue weighted by Crippen LogP contribution is -2.58.